The van der Waals surface area contributed by atoms with Gasteiger partial charge in [-0.05, 0) is 12.8 Å². The SMILES string of the molecule is O[Si](O)(O)C1CCCCCCC1. The molecular formula is C8H18O3Si. The standard InChI is InChI=1S/C8H18O3Si/c9-12(10,11)8-6-4-2-1-3-5-7-8/h8-11H,1-7H2. The molecule has 72 valence electrons. The molecule has 3 nitrogen and oxygen atoms in total. The maximum absolute atomic E-state index is 9.11. The molecule has 1 aliphatic rings. The minimum absolute atomic E-state index is 0.210. The second-order valence-corrected chi connectivity index (χ2v) is 5.92. The minimum atomic E-state index is -3.81. The normalized spacial score (nSPS) is 23.2. The lowest BCUT2D eigenvalue weighted by atomic mass is 10.0. The molecule has 0 aliphatic heterocycles. The van der Waals surface area contributed by atoms with E-state index in [1.807, 2.05) is 0 Å². The van der Waals surface area contributed by atoms with Gasteiger partial charge >= 0.3 is 8.80 Å². The van der Waals surface area contributed by atoms with Crippen LogP contribution in [0, 0.1) is 0 Å². The van der Waals surface area contributed by atoms with Crippen LogP contribution in [-0.2, 0) is 0 Å². The minimum Gasteiger partial charge on any atom is -0.390 e. The lowest BCUT2D eigenvalue weighted by molar-refractivity contribution is 0.200. The fraction of sp³-hybridized carbons (Fsp3) is 1.00. The molecule has 0 amide bonds. The van der Waals surface area contributed by atoms with E-state index in [4.69, 9.17) is 14.4 Å². The Hall–Kier alpha value is 0.0969. The van der Waals surface area contributed by atoms with Gasteiger partial charge in [-0.25, -0.2) is 0 Å². The summed E-state index contributed by atoms with van der Waals surface area (Å²) in [5.74, 6) is 0. The van der Waals surface area contributed by atoms with Crippen molar-refractivity contribution in [1.29, 1.82) is 0 Å². The van der Waals surface area contributed by atoms with Gasteiger partial charge in [-0.3, -0.25) is 0 Å². The highest BCUT2D eigenvalue weighted by molar-refractivity contribution is 6.57. The summed E-state index contributed by atoms with van der Waals surface area (Å²) in [4.78, 5) is 27.3. The highest BCUT2D eigenvalue weighted by Crippen LogP contribution is 2.30. The molecule has 0 heterocycles. The van der Waals surface area contributed by atoms with Gasteiger partial charge in [-0.15, -0.1) is 0 Å². The topological polar surface area (TPSA) is 60.7 Å². The number of rotatable bonds is 1. The average Bonchev–Trinajstić information content (AvgIpc) is 1.81. The van der Waals surface area contributed by atoms with Crippen LogP contribution in [0.3, 0.4) is 0 Å². The van der Waals surface area contributed by atoms with E-state index in [-0.39, 0.29) is 5.54 Å². The predicted molar refractivity (Wildman–Crippen MR) is 48.5 cm³/mol. The molecule has 0 atom stereocenters. The molecule has 3 N–H and O–H groups in total. The Labute approximate surface area is 74.4 Å². The molecule has 1 saturated carbocycles. The van der Waals surface area contributed by atoms with Gasteiger partial charge in [0, 0.05) is 5.54 Å². The van der Waals surface area contributed by atoms with Crippen molar-refractivity contribution in [2.45, 2.75) is 50.5 Å². The van der Waals surface area contributed by atoms with Crippen molar-refractivity contribution in [3.8, 4) is 0 Å². The summed E-state index contributed by atoms with van der Waals surface area (Å²) in [7, 11) is -3.81. The van der Waals surface area contributed by atoms with Gasteiger partial charge in [-0.2, -0.15) is 0 Å². The molecule has 1 fully saturated rings. The Morgan fingerprint density at radius 3 is 1.58 bits per heavy atom. The molecule has 1 rings (SSSR count). The van der Waals surface area contributed by atoms with Crippen molar-refractivity contribution in [3.63, 3.8) is 0 Å². The summed E-state index contributed by atoms with van der Waals surface area (Å²) < 4.78 is 0. The Morgan fingerprint density at radius 1 is 0.750 bits per heavy atom. The lowest BCUT2D eigenvalue weighted by Gasteiger charge is -2.23. The van der Waals surface area contributed by atoms with Gasteiger partial charge in [0.2, 0.25) is 0 Å². The molecule has 0 saturated heterocycles. The molecule has 0 aromatic carbocycles. The van der Waals surface area contributed by atoms with Crippen molar-refractivity contribution in [2.75, 3.05) is 0 Å². The second kappa shape index (κ2) is 4.37. The largest absolute Gasteiger partial charge is 0.496 e. The molecular weight excluding hydrogens is 172 g/mol. The molecule has 1 aliphatic carbocycles. The van der Waals surface area contributed by atoms with Crippen LogP contribution in [0.4, 0.5) is 0 Å². The van der Waals surface area contributed by atoms with Gasteiger partial charge in [0.25, 0.3) is 0 Å². The van der Waals surface area contributed by atoms with E-state index in [1.165, 1.54) is 19.3 Å². The van der Waals surface area contributed by atoms with Gasteiger partial charge in [-0.1, -0.05) is 32.1 Å². The first-order valence-electron chi connectivity index (χ1n) is 4.78. The van der Waals surface area contributed by atoms with Gasteiger partial charge in [0.15, 0.2) is 0 Å². The summed E-state index contributed by atoms with van der Waals surface area (Å²) in [5, 5.41) is 0. The van der Waals surface area contributed by atoms with E-state index < -0.39 is 8.80 Å². The molecule has 0 aromatic heterocycles. The summed E-state index contributed by atoms with van der Waals surface area (Å²) >= 11 is 0. The zero-order chi connectivity index (χ0) is 9.03. The van der Waals surface area contributed by atoms with E-state index in [9.17, 15) is 0 Å². The van der Waals surface area contributed by atoms with Crippen molar-refractivity contribution in [1.82, 2.24) is 0 Å². The highest BCUT2D eigenvalue weighted by Gasteiger charge is 2.38. The molecule has 0 bridgehead atoms. The predicted octanol–water partition coefficient (Wildman–Crippen LogP) is 1.02. The van der Waals surface area contributed by atoms with Crippen molar-refractivity contribution >= 4 is 8.80 Å². The van der Waals surface area contributed by atoms with Crippen LogP contribution in [0.5, 0.6) is 0 Å². The summed E-state index contributed by atoms with van der Waals surface area (Å²) in [6.45, 7) is 0. The third-order valence-electron chi connectivity index (χ3n) is 2.65. The van der Waals surface area contributed by atoms with E-state index in [2.05, 4.69) is 0 Å². The second-order valence-electron chi connectivity index (χ2n) is 3.73. The van der Waals surface area contributed by atoms with Crippen molar-refractivity contribution in [3.05, 3.63) is 0 Å². The number of hydrogen-bond acceptors (Lipinski definition) is 3. The van der Waals surface area contributed by atoms with Gasteiger partial charge in [0.05, 0.1) is 0 Å². The van der Waals surface area contributed by atoms with Gasteiger partial charge < -0.3 is 14.4 Å². The molecule has 0 unspecified atom stereocenters. The van der Waals surface area contributed by atoms with Crippen LogP contribution >= 0.6 is 0 Å². The Balaban J connectivity index is 2.40. The fourth-order valence-corrected chi connectivity index (χ4v) is 3.03. The Morgan fingerprint density at radius 2 is 1.17 bits per heavy atom. The van der Waals surface area contributed by atoms with Crippen molar-refractivity contribution in [2.24, 2.45) is 0 Å². The van der Waals surface area contributed by atoms with E-state index in [0.29, 0.717) is 0 Å². The third kappa shape index (κ3) is 3.22. The van der Waals surface area contributed by atoms with Crippen molar-refractivity contribution < 1.29 is 14.4 Å². The summed E-state index contributed by atoms with van der Waals surface area (Å²) in [6.07, 6.45) is 7.22. The zero-order valence-electron chi connectivity index (χ0n) is 7.37. The lowest BCUT2D eigenvalue weighted by Crippen LogP contribution is -2.40. The first-order valence-corrected chi connectivity index (χ1v) is 6.69. The molecule has 0 radical (unpaired) electrons. The Kier molecular flexibility index (Phi) is 3.70. The Bertz CT molecular complexity index is 125. The smallest absolute Gasteiger partial charge is 0.390 e. The first kappa shape index (κ1) is 10.2. The summed E-state index contributed by atoms with van der Waals surface area (Å²) in [5.41, 5.74) is -0.210. The van der Waals surface area contributed by atoms with Crippen LogP contribution in [-0.4, -0.2) is 23.2 Å². The van der Waals surface area contributed by atoms with E-state index >= 15 is 0 Å². The van der Waals surface area contributed by atoms with E-state index in [1.54, 1.807) is 0 Å². The van der Waals surface area contributed by atoms with Gasteiger partial charge in [0.1, 0.15) is 0 Å². The molecule has 0 spiro atoms. The first-order chi connectivity index (χ1) is 5.61. The fourth-order valence-electron chi connectivity index (χ4n) is 1.84. The molecule has 12 heavy (non-hydrogen) atoms. The highest BCUT2D eigenvalue weighted by atomic mass is 28.4. The quantitative estimate of drug-likeness (QED) is 0.541. The monoisotopic (exact) mass is 190 g/mol. The maximum atomic E-state index is 9.11. The van der Waals surface area contributed by atoms with E-state index in [0.717, 1.165) is 25.7 Å². The summed E-state index contributed by atoms with van der Waals surface area (Å²) in [6, 6.07) is 0. The van der Waals surface area contributed by atoms with Crippen LogP contribution < -0.4 is 0 Å². The van der Waals surface area contributed by atoms with Crippen LogP contribution in [0.25, 0.3) is 0 Å². The van der Waals surface area contributed by atoms with Crippen LogP contribution in [0.2, 0.25) is 5.54 Å². The number of hydrogen-bond donors (Lipinski definition) is 3. The molecule has 4 heteroatoms. The van der Waals surface area contributed by atoms with Crippen LogP contribution in [0.1, 0.15) is 44.9 Å². The zero-order valence-corrected chi connectivity index (χ0v) is 8.37. The van der Waals surface area contributed by atoms with Crippen LogP contribution in [0.15, 0.2) is 0 Å². The third-order valence-corrected chi connectivity index (χ3v) is 4.33. The maximum Gasteiger partial charge on any atom is 0.496 e. The molecule has 0 aromatic rings. The average molecular weight is 190 g/mol.